The fourth-order valence-corrected chi connectivity index (χ4v) is 2.85. The summed E-state index contributed by atoms with van der Waals surface area (Å²) < 4.78 is 0. The van der Waals surface area contributed by atoms with E-state index in [0.29, 0.717) is 31.7 Å². The van der Waals surface area contributed by atoms with Crippen molar-refractivity contribution >= 4 is 11.8 Å². The molecule has 23 heavy (non-hydrogen) atoms. The van der Waals surface area contributed by atoms with Crippen LogP contribution in [-0.2, 0) is 4.79 Å². The summed E-state index contributed by atoms with van der Waals surface area (Å²) in [5, 5.41) is 2.80. The average Bonchev–Trinajstić information content (AvgIpc) is 2.59. The van der Waals surface area contributed by atoms with Crippen LogP contribution in [0, 0.1) is 5.92 Å². The highest BCUT2D eigenvalue weighted by Crippen LogP contribution is 2.22. The number of nitrogens with two attached hydrogens (primary N) is 1. The first kappa shape index (κ1) is 17.3. The second kappa shape index (κ2) is 8.01. The molecule has 1 aromatic rings. The molecule has 3 N–H and O–H groups in total. The van der Waals surface area contributed by atoms with Gasteiger partial charge in [-0.15, -0.1) is 0 Å². The number of carbonyl (C=O) groups excluding carboxylic acids is 2. The highest BCUT2D eigenvalue weighted by atomic mass is 16.2. The summed E-state index contributed by atoms with van der Waals surface area (Å²) in [7, 11) is 0. The van der Waals surface area contributed by atoms with E-state index in [1.165, 1.54) is 6.33 Å². The first-order valence-corrected chi connectivity index (χ1v) is 8.11. The highest BCUT2D eigenvalue weighted by molar-refractivity contribution is 5.95. The van der Waals surface area contributed by atoms with E-state index in [1.807, 2.05) is 13.8 Å². The Morgan fingerprint density at radius 1 is 1.48 bits per heavy atom. The van der Waals surface area contributed by atoms with Gasteiger partial charge in [0.25, 0.3) is 5.91 Å². The predicted octanol–water partition coefficient (Wildman–Crippen LogP) is 0.527. The van der Waals surface area contributed by atoms with Gasteiger partial charge < -0.3 is 16.0 Å². The largest absolute Gasteiger partial charge is 0.355 e. The predicted molar refractivity (Wildman–Crippen MR) is 86.8 cm³/mol. The quantitative estimate of drug-likeness (QED) is 0.824. The number of carbonyl (C=O) groups is 2. The molecule has 0 radical (unpaired) electrons. The molecule has 0 aliphatic carbocycles. The zero-order chi connectivity index (χ0) is 16.8. The normalized spacial score (nSPS) is 18.1. The van der Waals surface area contributed by atoms with E-state index < -0.39 is 0 Å². The van der Waals surface area contributed by atoms with Gasteiger partial charge in [0.2, 0.25) is 5.91 Å². The number of hydrogen-bond donors (Lipinski definition) is 2. The smallest absolute Gasteiger partial charge is 0.257 e. The monoisotopic (exact) mass is 319 g/mol. The summed E-state index contributed by atoms with van der Waals surface area (Å²) in [4.78, 5) is 34.9. The Morgan fingerprint density at radius 2 is 2.26 bits per heavy atom. The van der Waals surface area contributed by atoms with E-state index in [4.69, 9.17) is 5.73 Å². The summed E-state index contributed by atoms with van der Waals surface area (Å²) in [6.45, 7) is 5.97. The van der Waals surface area contributed by atoms with Crippen molar-refractivity contribution in [2.45, 2.75) is 32.6 Å². The van der Waals surface area contributed by atoms with Crippen LogP contribution in [0.5, 0.6) is 0 Å². The lowest BCUT2D eigenvalue weighted by Gasteiger charge is -2.32. The number of rotatable bonds is 5. The molecule has 0 bridgehead atoms. The van der Waals surface area contributed by atoms with Crippen LogP contribution >= 0.6 is 0 Å². The third-order valence-corrected chi connectivity index (χ3v) is 4.04. The van der Waals surface area contributed by atoms with Crippen LogP contribution in [-0.4, -0.2) is 52.9 Å². The van der Waals surface area contributed by atoms with E-state index in [-0.39, 0.29) is 23.7 Å². The molecule has 2 amide bonds. The highest BCUT2D eigenvalue weighted by Gasteiger charge is 2.30. The Balaban J connectivity index is 2.09. The van der Waals surface area contributed by atoms with E-state index >= 15 is 0 Å². The first-order valence-electron chi connectivity index (χ1n) is 8.11. The molecule has 1 aromatic heterocycles. The van der Waals surface area contributed by atoms with Crippen molar-refractivity contribution in [3.63, 3.8) is 0 Å². The molecule has 1 atom stereocenters. The lowest BCUT2D eigenvalue weighted by atomic mass is 9.96. The molecular weight excluding hydrogens is 294 g/mol. The van der Waals surface area contributed by atoms with E-state index in [1.54, 1.807) is 11.1 Å². The average molecular weight is 319 g/mol. The molecular formula is C16H25N5O2. The van der Waals surface area contributed by atoms with Crippen molar-refractivity contribution in [3.05, 3.63) is 23.8 Å². The Hall–Kier alpha value is -2.02. The van der Waals surface area contributed by atoms with Gasteiger partial charge in [-0.05, 0) is 18.8 Å². The van der Waals surface area contributed by atoms with Crippen molar-refractivity contribution in [1.82, 2.24) is 20.2 Å². The molecule has 7 nitrogen and oxygen atoms in total. The van der Waals surface area contributed by atoms with Crippen LogP contribution in [0.4, 0.5) is 0 Å². The molecule has 2 rings (SSSR count). The van der Waals surface area contributed by atoms with E-state index in [2.05, 4.69) is 15.3 Å². The van der Waals surface area contributed by atoms with Gasteiger partial charge >= 0.3 is 0 Å². The van der Waals surface area contributed by atoms with Gasteiger partial charge in [-0.25, -0.2) is 9.97 Å². The minimum atomic E-state index is -0.175. The Labute approximate surface area is 136 Å². The van der Waals surface area contributed by atoms with Crippen molar-refractivity contribution in [1.29, 1.82) is 0 Å². The minimum Gasteiger partial charge on any atom is -0.355 e. The zero-order valence-corrected chi connectivity index (χ0v) is 13.8. The SMILES string of the molecule is CC(C)c1ncncc1C(=O)N1CCCC(C(=O)NCCN)C1. The van der Waals surface area contributed by atoms with E-state index in [9.17, 15) is 9.59 Å². The topological polar surface area (TPSA) is 101 Å². The van der Waals surface area contributed by atoms with Gasteiger partial charge in [0.15, 0.2) is 0 Å². The summed E-state index contributed by atoms with van der Waals surface area (Å²) in [6, 6.07) is 0. The molecule has 0 spiro atoms. The second-order valence-electron chi connectivity index (χ2n) is 6.15. The number of piperidine rings is 1. The van der Waals surface area contributed by atoms with E-state index in [0.717, 1.165) is 18.5 Å². The van der Waals surface area contributed by atoms with Crippen molar-refractivity contribution in [3.8, 4) is 0 Å². The zero-order valence-electron chi connectivity index (χ0n) is 13.8. The molecule has 1 aliphatic rings. The lowest BCUT2D eigenvalue weighted by molar-refractivity contribution is -0.126. The first-order chi connectivity index (χ1) is 11.0. The molecule has 1 aliphatic heterocycles. The fraction of sp³-hybridized carbons (Fsp3) is 0.625. The Bertz CT molecular complexity index is 561. The van der Waals surface area contributed by atoms with Crippen molar-refractivity contribution in [2.75, 3.05) is 26.2 Å². The number of nitrogens with one attached hydrogen (secondary N) is 1. The van der Waals surface area contributed by atoms with Crippen LogP contribution < -0.4 is 11.1 Å². The summed E-state index contributed by atoms with van der Waals surface area (Å²) in [5.41, 5.74) is 6.69. The number of likely N-dealkylation sites (tertiary alicyclic amines) is 1. The molecule has 1 fully saturated rings. The van der Waals surface area contributed by atoms with Gasteiger partial charge in [-0.3, -0.25) is 9.59 Å². The maximum Gasteiger partial charge on any atom is 0.257 e. The third-order valence-electron chi connectivity index (χ3n) is 4.04. The van der Waals surface area contributed by atoms with Gasteiger partial charge in [0.1, 0.15) is 6.33 Å². The number of aromatic nitrogens is 2. The summed E-state index contributed by atoms with van der Waals surface area (Å²) >= 11 is 0. The van der Waals surface area contributed by atoms with Crippen LogP contribution in [0.1, 0.15) is 48.7 Å². The Kier molecular flexibility index (Phi) is 6.04. The second-order valence-corrected chi connectivity index (χ2v) is 6.15. The molecule has 2 heterocycles. The van der Waals surface area contributed by atoms with Crippen molar-refractivity contribution in [2.24, 2.45) is 11.7 Å². The minimum absolute atomic E-state index is 0.0265. The molecule has 7 heteroatoms. The van der Waals surface area contributed by atoms with Crippen LogP contribution in [0.15, 0.2) is 12.5 Å². The van der Waals surface area contributed by atoms with Gasteiger partial charge in [0, 0.05) is 32.4 Å². The summed E-state index contributed by atoms with van der Waals surface area (Å²) in [5.74, 6) is -0.149. The van der Waals surface area contributed by atoms with Crippen molar-refractivity contribution < 1.29 is 9.59 Å². The van der Waals surface area contributed by atoms with Gasteiger partial charge in [-0.2, -0.15) is 0 Å². The maximum absolute atomic E-state index is 12.8. The molecule has 1 saturated heterocycles. The number of amides is 2. The molecule has 126 valence electrons. The summed E-state index contributed by atoms with van der Waals surface area (Å²) in [6.07, 6.45) is 4.65. The molecule has 1 unspecified atom stereocenters. The van der Waals surface area contributed by atoms with Gasteiger partial charge in [-0.1, -0.05) is 13.8 Å². The van der Waals surface area contributed by atoms with Crippen LogP contribution in [0.25, 0.3) is 0 Å². The number of nitrogens with zero attached hydrogens (tertiary/aromatic N) is 3. The van der Waals surface area contributed by atoms with Crippen LogP contribution in [0.2, 0.25) is 0 Å². The van der Waals surface area contributed by atoms with Crippen LogP contribution in [0.3, 0.4) is 0 Å². The lowest BCUT2D eigenvalue weighted by Crippen LogP contribution is -2.46. The maximum atomic E-state index is 12.8. The molecule has 0 aromatic carbocycles. The third kappa shape index (κ3) is 4.25. The Morgan fingerprint density at radius 3 is 2.96 bits per heavy atom. The molecule has 0 saturated carbocycles. The number of hydrogen-bond acceptors (Lipinski definition) is 5. The standard InChI is InChI=1S/C16H25N5O2/c1-11(2)14-13(8-18-10-20-14)16(23)21-7-3-4-12(9-21)15(22)19-6-5-17/h8,10-12H,3-7,9,17H2,1-2H3,(H,19,22). The van der Waals surface area contributed by atoms with Gasteiger partial charge in [0.05, 0.1) is 17.2 Å². The fourth-order valence-electron chi connectivity index (χ4n) is 2.85.